The molecule has 324 valence electrons. The fraction of sp³-hybridized carbons (Fsp3) is 0.200. The molecule has 8 aromatic rings. The summed E-state index contributed by atoms with van der Waals surface area (Å²) in [6.45, 7) is 2.09. The molecule has 10 rings (SSSR count). The van der Waals surface area contributed by atoms with E-state index in [9.17, 15) is 9.59 Å². The predicted octanol–water partition coefficient (Wildman–Crippen LogP) is 11.1. The van der Waals surface area contributed by atoms with Crippen molar-refractivity contribution >= 4 is 23.7 Å². The molecule has 0 aliphatic heterocycles. The standard InChI is InChI=1S/C55H52N8O2/c1-55(37-39-21-8-3-9-22-39,59-54(65)58-51-45-30-17-32-47(45)60-62(51)43-27-12-5-13-28-43)42-26-16-25-41(36-42)44-29-14-15-34-50(44)63-52(46-31-18-33-48(46)61-63)57-53(64)56-49(40-23-10-4-11-24-40)35-38-19-6-2-7-20-38/h2-16,19-29,34,36,49H,17-18,30-33,35,37H2,1H3,(H2,56,57,64)(H2,58,59,65). The topological polar surface area (TPSA) is 118 Å². The van der Waals surface area contributed by atoms with Crippen LogP contribution in [0.2, 0.25) is 0 Å². The minimum Gasteiger partial charge on any atom is -0.331 e. The summed E-state index contributed by atoms with van der Waals surface area (Å²) in [5, 5.41) is 23.3. The summed E-state index contributed by atoms with van der Waals surface area (Å²) >= 11 is 0. The lowest BCUT2D eigenvalue weighted by molar-refractivity contribution is 0.238. The summed E-state index contributed by atoms with van der Waals surface area (Å²) in [6, 6.07) is 56.3. The lowest BCUT2D eigenvalue weighted by Gasteiger charge is -2.32. The monoisotopic (exact) mass is 856 g/mol. The van der Waals surface area contributed by atoms with Crippen LogP contribution in [0.25, 0.3) is 22.5 Å². The molecule has 10 heteroatoms. The molecule has 2 aliphatic rings. The fourth-order valence-electron chi connectivity index (χ4n) is 9.60. The molecule has 0 fully saturated rings. The zero-order valence-corrected chi connectivity index (χ0v) is 36.5. The Balaban J connectivity index is 0.966. The summed E-state index contributed by atoms with van der Waals surface area (Å²) in [5.41, 5.74) is 11.2. The van der Waals surface area contributed by atoms with Crippen LogP contribution < -0.4 is 21.3 Å². The second-order valence-corrected chi connectivity index (χ2v) is 17.3. The van der Waals surface area contributed by atoms with Crippen molar-refractivity contribution in [2.24, 2.45) is 0 Å². The first kappa shape index (κ1) is 41.3. The summed E-state index contributed by atoms with van der Waals surface area (Å²) in [7, 11) is 0. The predicted molar refractivity (Wildman–Crippen MR) is 258 cm³/mol. The highest BCUT2D eigenvalue weighted by Gasteiger charge is 2.32. The van der Waals surface area contributed by atoms with E-state index in [1.807, 2.05) is 112 Å². The van der Waals surface area contributed by atoms with Crippen LogP contribution in [-0.4, -0.2) is 31.6 Å². The number of anilines is 2. The maximum atomic E-state index is 14.4. The molecular formula is C55H52N8O2. The summed E-state index contributed by atoms with van der Waals surface area (Å²) in [6.07, 6.45) is 6.62. The van der Waals surface area contributed by atoms with Gasteiger partial charge in [-0.2, -0.15) is 10.2 Å². The molecule has 4 N–H and O–H groups in total. The molecule has 2 aromatic heterocycles. The maximum absolute atomic E-state index is 14.4. The van der Waals surface area contributed by atoms with Crippen molar-refractivity contribution < 1.29 is 9.59 Å². The van der Waals surface area contributed by atoms with Crippen LogP contribution in [0, 0.1) is 0 Å². The maximum Gasteiger partial charge on any atom is 0.321 e. The van der Waals surface area contributed by atoms with Gasteiger partial charge in [0.2, 0.25) is 0 Å². The highest BCUT2D eigenvalue weighted by Crippen LogP contribution is 2.37. The number of aryl methyl sites for hydroxylation is 2. The number of rotatable bonds is 13. The van der Waals surface area contributed by atoms with Gasteiger partial charge in [-0.1, -0.05) is 146 Å². The normalized spacial score (nSPS) is 14.2. The zero-order valence-electron chi connectivity index (χ0n) is 36.5. The van der Waals surface area contributed by atoms with Gasteiger partial charge < -0.3 is 10.6 Å². The zero-order chi connectivity index (χ0) is 44.2. The number of fused-ring (bicyclic) bond motifs is 2. The Morgan fingerprint density at radius 2 is 1.17 bits per heavy atom. The molecule has 0 saturated carbocycles. The van der Waals surface area contributed by atoms with E-state index in [0.717, 1.165) is 106 Å². The molecule has 0 radical (unpaired) electrons. The van der Waals surface area contributed by atoms with Crippen molar-refractivity contribution in [3.05, 3.63) is 215 Å². The number of carbonyl (C=O) groups excluding carboxylic acids is 2. The van der Waals surface area contributed by atoms with Gasteiger partial charge in [0.05, 0.1) is 34.3 Å². The van der Waals surface area contributed by atoms with Gasteiger partial charge in [0, 0.05) is 16.7 Å². The van der Waals surface area contributed by atoms with Crippen LogP contribution in [0.4, 0.5) is 21.2 Å². The lowest BCUT2D eigenvalue weighted by atomic mass is 9.84. The molecular weight excluding hydrogens is 805 g/mol. The third kappa shape index (κ3) is 8.80. The lowest BCUT2D eigenvalue weighted by Crippen LogP contribution is -2.47. The van der Waals surface area contributed by atoms with Crippen LogP contribution in [0.15, 0.2) is 170 Å². The Bertz CT molecular complexity index is 2950. The fourth-order valence-corrected chi connectivity index (χ4v) is 9.60. The Morgan fingerprint density at radius 1 is 0.600 bits per heavy atom. The van der Waals surface area contributed by atoms with Gasteiger partial charge >= 0.3 is 12.1 Å². The number of benzene rings is 6. The quantitative estimate of drug-likeness (QED) is 0.0923. The van der Waals surface area contributed by atoms with Crippen LogP contribution in [0.5, 0.6) is 0 Å². The average molecular weight is 857 g/mol. The van der Waals surface area contributed by atoms with Crippen molar-refractivity contribution in [2.75, 3.05) is 10.6 Å². The number of para-hydroxylation sites is 2. The number of aromatic nitrogens is 4. The summed E-state index contributed by atoms with van der Waals surface area (Å²) in [4.78, 5) is 28.5. The van der Waals surface area contributed by atoms with E-state index in [2.05, 4.69) is 94.9 Å². The molecule has 65 heavy (non-hydrogen) atoms. The minimum absolute atomic E-state index is 0.245. The Hall–Kier alpha value is -7.72. The molecule has 6 aromatic carbocycles. The average Bonchev–Trinajstić information content (AvgIpc) is 4.14. The minimum atomic E-state index is -0.829. The molecule has 2 unspecified atom stereocenters. The number of carbonyl (C=O) groups is 2. The van der Waals surface area contributed by atoms with E-state index in [4.69, 9.17) is 10.2 Å². The molecule has 2 heterocycles. The third-order valence-electron chi connectivity index (χ3n) is 12.8. The van der Waals surface area contributed by atoms with Crippen molar-refractivity contribution in [1.82, 2.24) is 30.2 Å². The SMILES string of the molecule is CC(Cc1ccccc1)(NC(=O)Nc1c2c(nn1-c1ccccc1)CCC2)c1cccc(-c2ccccc2-n2nc3c(c2NC(=O)NC(Cc2ccccc2)c2ccccc2)CCC3)c1. The first-order valence-electron chi connectivity index (χ1n) is 22.7. The van der Waals surface area contributed by atoms with Crippen molar-refractivity contribution in [2.45, 2.75) is 69.9 Å². The van der Waals surface area contributed by atoms with Gasteiger partial charge in [-0.15, -0.1) is 0 Å². The highest BCUT2D eigenvalue weighted by molar-refractivity contribution is 5.91. The molecule has 0 saturated heterocycles. The summed E-state index contributed by atoms with van der Waals surface area (Å²) in [5.74, 6) is 1.39. The number of urea groups is 2. The number of nitrogens with one attached hydrogen (secondary N) is 4. The van der Waals surface area contributed by atoms with Gasteiger partial charge in [0.15, 0.2) is 0 Å². The molecule has 4 amide bonds. The third-order valence-corrected chi connectivity index (χ3v) is 12.8. The smallest absolute Gasteiger partial charge is 0.321 e. The van der Waals surface area contributed by atoms with Crippen molar-refractivity contribution in [3.8, 4) is 22.5 Å². The van der Waals surface area contributed by atoms with Gasteiger partial charge in [0.25, 0.3) is 0 Å². The highest BCUT2D eigenvalue weighted by atomic mass is 16.2. The molecule has 2 atom stereocenters. The van der Waals surface area contributed by atoms with E-state index in [1.54, 1.807) is 0 Å². The van der Waals surface area contributed by atoms with E-state index >= 15 is 0 Å². The number of amides is 4. The Morgan fingerprint density at radius 3 is 1.86 bits per heavy atom. The van der Waals surface area contributed by atoms with E-state index in [0.29, 0.717) is 24.5 Å². The van der Waals surface area contributed by atoms with Crippen molar-refractivity contribution in [3.63, 3.8) is 0 Å². The molecule has 10 nitrogen and oxygen atoms in total. The van der Waals surface area contributed by atoms with Crippen LogP contribution in [-0.2, 0) is 44.1 Å². The second-order valence-electron chi connectivity index (χ2n) is 17.3. The molecule has 0 spiro atoms. The van der Waals surface area contributed by atoms with Gasteiger partial charge in [0.1, 0.15) is 11.6 Å². The first-order chi connectivity index (χ1) is 31.9. The largest absolute Gasteiger partial charge is 0.331 e. The number of hydrogen-bond acceptors (Lipinski definition) is 4. The number of nitrogens with zero attached hydrogens (tertiary/aromatic N) is 4. The first-order valence-corrected chi connectivity index (χ1v) is 22.7. The summed E-state index contributed by atoms with van der Waals surface area (Å²) < 4.78 is 3.77. The van der Waals surface area contributed by atoms with Gasteiger partial charge in [-0.25, -0.2) is 19.0 Å². The van der Waals surface area contributed by atoms with E-state index < -0.39 is 5.54 Å². The van der Waals surface area contributed by atoms with Crippen molar-refractivity contribution in [1.29, 1.82) is 0 Å². The second kappa shape index (κ2) is 18.2. The van der Waals surface area contributed by atoms with Gasteiger partial charge in [-0.05, 0) is 110 Å². The van der Waals surface area contributed by atoms with Crippen LogP contribution >= 0.6 is 0 Å². The van der Waals surface area contributed by atoms with Crippen LogP contribution in [0.3, 0.4) is 0 Å². The van der Waals surface area contributed by atoms with Crippen LogP contribution in [0.1, 0.15) is 70.6 Å². The molecule has 0 bridgehead atoms. The number of hydrogen-bond donors (Lipinski definition) is 4. The van der Waals surface area contributed by atoms with E-state index in [1.165, 1.54) is 0 Å². The van der Waals surface area contributed by atoms with E-state index in [-0.39, 0.29) is 18.1 Å². The Labute approximate surface area is 379 Å². The molecule has 2 aliphatic carbocycles. The van der Waals surface area contributed by atoms with Gasteiger partial charge in [-0.3, -0.25) is 10.6 Å². The Kier molecular flexibility index (Phi) is 11.5.